The molecule has 2 fully saturated rings. The summed E-state index contributed by atoms with van der Waals surface area (Å²) in [5.74, 6) is 0.0542. The lowest BCUT2D eigenvalue weighted by atomic mass is 9.42. The van der Waals surface area contributed by atoms with E-state index in [2.05, 4.69) is 27.4 Å². The van der Waals surface area contributed by atoms with Crippen LogP contribution >= 0.6 is 0 Å². The van der Waals surface area contributed by atoms with Crippen molar-refractivity contribution in [2.24, 2.45) is 22.2 Å². The Morgan fingerprint density at radius 3 is 2.62 bits per heavy atom. The van der Waals surface area contributed by atoms with Crippen molar-refractivity contribution in [1.29, 1.82) is 0 Å². The predicted molar refractivity (Wildman–Crippen MR) is 82.7 cm³/mol. The first-order valence-electron chi connectivity index (χ1n) is 7.99. The number of esters is 1. The third-order valence-corrected chi connectivity index (χ3v) is 6.33. The summed E-state index contributed by atoms with van der Waals surface area (Å²) in [6.07, 6.45) is 6.60. The fourth-order valence-corrected chi connectivity index (χ4v) is 5.32. The van der Waals surface area contributed by atoms with Gasteiger partial charge in [0.15, 0.2) is 5.78 Å². The highest BCUT2D eigenvalue weighted by atomic mass is 16.5. The standard InChI is InChI=1S/C18H28O3/c1-6-10-18(15(20)21-5)14(19)9-8-13-16(2,3)11-7-12-17(13,18)4/h6,13H,1,7-12H2,2-5H3/t13-,17+,18?/m1/s1. The van der Waals surface area contributed by atoms with E-state index in [1.807, 2.05) is 0 Å². The Balaban J connectivity index is 2.61. The van der Waals surface area contributed by atoms with Crippen LogP contribution in [0.4, 0.5) is 0 Å². The first kappa shape index (κ1) is 16.3. The zero-order valence-electron chi connectivity index (χ0n) is 13.8. The minimum atomic E-state index is -1.04. The minimum absolute atomic E-state index is 0.0469. The molecule has 0 saturated heterocycles. The van der Waals surface area contributed by atoms with Crippen LogP contribution in [0.1, 0.15) is 59.3 Å². The Bertz CT molecular complexity index is 455. The predicted octanol–water partition coefficient (Wildman–Crippen LogP) is 3.92. The van der Waals surface area contributed by atoms with Gasteiger partial charge in [-0.1, -0.05) is 33.3 Å². The third-order valence-electron chi connectivity index (χ3n) is 6.33. The first-order valence-corrected chi connectivity index (χ1v) is 7.99. The van der Waals surface area contributed by atoms with Gasteiger partial charge in [-0.15, -0.1) is 6.58 Å². The second-order valence-corrected chi connectivity index (χ2v) is 7.66. The Hall–Kier alpha value is -1.12. The monoisotopic (exact) mass is 292 g/mol. The number of fused-ring (bicyclic) bond motifs is 1. The molecule has 1 unspecified atom stereocenters. The van der Waals surface area contributed by atoms with Crippen LogP contribution in [0.2, 0.25) is 0 Å². The van der Waals surface area contributed by atoms with Gasteiger partial charge in [-0.05, 0) is 42.4 Å². The highest BCUT2D eigenvalue weighted by Gasteiger charge is 2.66. The van der Waals surface area contributed by atoms with Gasteiger partial charge in [-0.2, -0.15) is 0 Å². The van der Waals surface area contributed by atoms with Crippen molar-refractivity contribution in [3.05, 3.63) is 12.7 Å². The Labute approximate surface area is 128 Å². The van der Waals surface area contributed by atoms with E-state index in [1.165, 1.54) is 7.11 Å². The van der Waals surface area contributed by atoms with Crippen molar-refractivity contribution < 1.29 is 14.3 Å². The van der Waals surface area contributed by atoms with E-state index in [4.69, 9.17) is 4.74 Å². The average Bonchev–Trinajstić information content (AvgIpc) is 2.41. The molecule has 0 heterocycles. The number of ketones is 1. The maximum absolute atomic E-state index is 12.8. The number of allylic oxidation sites excluding steroid dienone is 1. The van der Waals surface area contributed by atoms with E-state index < -0.39 is 5.41 Å². The first-order chi connectivity index (χ1) is 9.76. The molecule has 21 heavy (non-hydrogen) atoms. The highest BCUT2D eigenvalue weighted by Crippen LogP contribution is 2.64. The zero-order chi connectivity index (χ0) is 15.9. The van der Waals surface area contributed by atoms with Crippen molar-refractivity contribution in [2.45, 2.75) is 59.3 Å². The molecule has 0 aromatic carbocycles. The largest absolute Gasteiger partial charge is 0.468 e. The minimum Gasteiger partial charge on any atom is -0.468 e. The number of ether oxygens (including phenoxy) is 1. The fourth-order valence-electron chi connectivity index (χ4n) is 5.32. The number of hydrogen-bond donors (Lipinski definition) is 0. The van der Waals surface area contributed by atoms with Crippen LogP contribution < -0.4 is 0 Å². The number of Topliss-reactive ketones (excluding diaryl/α,β-unsaturated/α-hetero) is 1. The van der Waals surface area contributed by atoms with Gasteiger partial charge in [0.1, 0.15) is 5.41 Å². The summed E-state index contributed by atoms with van der Waals surface area (Å²) in [6, 6.07) is 0. The lowest BCUT2D eigenvalue weighted by Gasteiger charge is -2.60. The maximum atomic E-state index is 12.8. The molecule has 118 valence electrons. The molecule has 0 radical (unpaired) electrons. The topological polar surface area (TPSA) is 43.4 Å². The molecule has 0 bridgehead atoms. The molecule has 0 aromatic rings. The fraction of sp³-hybridized carbons (Fsp3) is 0.778. The van der Waals surface area contributed by atoms with Gasteiger partial charge in [0.25, 0.3) is 0 Å². The molecule has 3 atom stereocenters. The molecule has 2 saturated carbocycles. The normalized spacial score (nSPS) is 38.5. The molecular formula is C18H28O3. The number of methoxy groups -OCH3 is 1. The molecule has 0 N–H and O–H groups in total. The highest BCUT2D eigenvalue weighted by molar-refractivity contribution is 6.05. The molecule has 3 nitrogen and oxygen atoms in total. The van der Waals surface area contributed by atoms with E-state index in [1.54, 1.807) is 6.08 Å². The lowest BCUT2D eigenvalue weighted by Crippen LogP contribution is -2.62. The summed E-state index contributed by atoms with van der Waals surface area (Å²) in [7, 11) is 1.39. The average molecular weight is 292 g/mol. The summed E-state index contributed by atoms with van der Waals surface area (Å²) in [5.41, 5.74) is -1.20. The maximum Gasteiger partial charge on any atom is 0.320 e. The van der Waals surface area contributed by atoms with Crippen LogP contribution in [0.3, 0.4) is 0 Å². The molecule has 0 aromatic heterocycles. The SMILES string of the molecule is C=CCC1(C(=O)OC)C(=O)CC[C@@H]2C(C)(C)CCC[C@@]21C. The summed E-state index contributed by atoms with van der Waals surface area (Å²) in [5, 5.41) is 0. The second-order valence-electron chi connectivity index (χ2n) is 7.66. The molecule has 2 rings (SSSR count). The summed E-state index contributed by atoms with van der Waals surface area (Å²) >= 11 is 0. The molecule has 0 amide bonds. The van der Waals surface area contributed by atoms with Gasteiger partial charge < -0.3 is 4.74 Å². The third kappa shape index (κ3) is 2.08. The van der Waals surface area contributed by atoms with Crippen LogP contribution in [-0.2, 0) is 14.3 Å². The Kier molecular flexibility index (Phi) is 4.07. The van der Waals surface area contributed by atoms with Crippen LogP contribution in [0, 0.1) is 22.2 Å². The van der Waals surface area contributed by atoms with Crippen LogP contribution in [0.25, 0.3) is 0 Å². The molecular weight excluding hydrogens is 264 g/mol. The number of hydrogen-bond acceptors (Lipinski definition) is 3. The van der Waals surface area contributed by atoms with E-state index in [0.29, 0.717) is 18.8 Å². The van der Waals surface area contributed by atoms with E-state index >= 15 is 0 Å². The molecule has 2 aliphatic carbocycles. The van der Waals surface area contributed by atoms with Crippen molar-refractivity contribution in [3.63, 3.8) is 0 Å². The molecule has 3 heteroatoms. The van der Waals surface area contributed by atoms with Gasteiger partial charge in [0.2, 0.25) is 0 Å². The van der Waals surface area contributed by atoms with E-state index in [0.717, 1.165) is 25.7 Å². The molecule has 0 aliphatic heterocycles. The van der Waals surface area contributed by atoms with E-state index in [-0.39, 0.29) is 22.6 Å². The number of carbonyl (C=O) groups excluding carboxylic acids is 2. The quantitative estimate of drug-likeness (QED) is 0.450. The van der Waals surface area contributed by atoms with Crippen LogP contribution in [-0.4, -0.2) is 18.9 Å². The van der Waals surface area contributed by atoms with Gasteiger partial charge in [0.05, 0.1) is 7.11 Å². The van der Waals surface area contributed by atoms with Crippen molar-refractivity contribution in [2.75, 3.05) is 7.11 Å². The van der Waals surface area contributed by atoms with Gasteiger partial charge in [-0.3, -0.25) is 9.59 Å². The zero-order valence-corrected chi connectivity index (χ0v) is 13.8. The summed E-state index contributed by atoms with van der Waals surface area (Å²) in [4.78, 5) is 25.5. The number of rotatable bonds is 3. The van der Waals surface area contributed by atoms with Crippen LogP contribution in [0.5, 0.6) is 0 Å². The van der Waals surface area contributed by atoms with Crippen molar-refractivity contribution in [3.8, 4) is 0 Å². The van der Waals surface area contributed by atoms with Gasteiger partial charge in [-0.25, -0.2) is 0 Å². The van der Waals surface area contributed by atoms with Crippen molar-refractivity contribution >= 4 is 11.8 Å². The van der Waals surface area contributed by atoms with E-state index in [9.17, 15) is 9.59 Å². The van der Waals surface area contributed by atoms with Crippen LogP contribution in [0.15, 0.2) is 12.7 Å². The molecule has 0 spiro atoms. The second kappa shape index (κ2) is 5.26. The Morgan fingerprint density at radius 2 is 2.05 bits per heavy atom. The van der Waals surface area contributed by atoms with Gasteiger partial charge in [0, 0.05) is 6.42 Å². The Morgan fingerprint density at radius 1 is 1.38 bits per heavy atom. The lowest BCUT2D eigenvalue weighted by molar-refractivity contribution is -0.187. The van der Waals surface area contributed by atoms with Gasteiger partial charge >= 0.3 is 5.97 Å². The summed E-state index contributed by atoms with van der Waals surface area (Å²) in [6.45, 7) is 10.5. The van der Waals surface area contributed by atoms with Crippen molar-refractivity contribution in [1.82, 2.24) is 0 Å². The number of carbonyl (C=O) groups is 2. The summed E-state index contributed by atoms with van der Waals surface area (Å²) < 4.78 is 5.09. The molecule has 2 aliphatic rings. The smallest absolute Gasteiger partial charge is 0.320 e.